The summed E-state index contributed by atoms with van der Waals surface area (Å²) in [6.07, 6.45) is 2.05. The molecule has 1 aromatic rings. The molecule has 2 N–H and O–H groups in total. The summed E-state index contributed by atoms with van der Waals surface area (Å²) >= 11 is 3.42. The van der Waals surface area contributed by atoms with E-state index in [9.17, 15) is 4.79 Å². The molecule has 0 bridgehead atoms. The van der Waals surface area contributed by atoms with E-state index in [0.29, 0.717) is 5.92 Å². The minimum absolute atomic E-state index is 0. The number of rotatable bonds is 2. The van der Waals surface area contributed by atoms with Gasteiger partial charge in [-0.3, -0.25) is 4.79 Å². The number of nitrogens with zero attached hydrogens (tertiary/aromatic N) is 1. The number of hydrogen-bond acceptors (Lipinski definition) is 2. The largest absolute Gasteiger partial charge is 0.339 e. The summed E-state index contributed by atoms with van der Waals surface area (Å²) < 4.78 is 1.01. The SMILES string of the molecule is Cc1cc(Br)ccc1C(=O)N1CCC(CN)CC1.Cl. The van der Waals surface area contributed by atoms with Crippen molar-refractivity contribution in [1.82, 2.24) is 4.90 Å². The number of hydrogen-bond donors (Lipinski definition) is 1. The number of halogens is 2. The molecule has 0 aromatic heterocycles. The van der Waals surface area contributed by atoms with Crippen molar-refractivity contribution >= 4 is 34.2 Å². The number of aryl methyl sites for hydroxylation is 1. The summed E-state index contributed by atoms with van der Waals surface area (Å²) in [4.78, 5) is 14.4. The van der Waals surface area contributed by atoms with Crippen molar-refractivity contribution in [3.63, 3.8) is 0 Å². The molecule has 0 aliphatic carbocycles. The fourth-order valence-corrected chi connectivity index (χ4v) is 2.88. The van der Waals surface area contributed by atoms with E-state index in [1.165, 1.54) is 0 Å². The quantitative estimate of drug-likeness (QED) is 0.894. The maximum atomic E-state index is 12.4. The van der Waals surface area contributed by atoms with Crippen molar-refractivity contribution in [2.24, 2.45) is 11.7 Å². The zero-order valence-corrected chi connectivity index (χ0v) is 13.5. The average Bonchev–Trinajstić information content (AvgIpc) is 2.38. The number of carbonyl (C=O) groups excluding carboxylic acids is 1. The molecule has 5 heteroatoms. The van der Waals surface area contributed by atoms with E-state index in [4.69, 9.17) is 5.73 Å². The van der Waals surface area contributed by atoms with Crippen molar-refractivity contribution in [3.05, 3.63) is 33.8 Å². The summed E-state index contributed by atoms with van der Waals surface area (Å²) in [6, 6.07) is 5.81. The summed E-state index contributed by atoms with van der Waals surface area (Å²) in [6.45, 7) is 4.37. The smallest absolute Gasteiger partial charge is 0.254 e. The van der Waals surface area contributed by atoms with Gasteiger partial charge in [-0.15, -0.1) is 12.4 Å². The number of carbonyl (C=O) groups is 1. The third kappa shape index (κ3) is 3.94. The van der Waals surface area contributed by atoms with Gasteiger partial charge in [0.1, 0.15) is 0 Å². The predicted octanol–water partition coefficient (Wildman–Crippen LogP) is 2.99. The van der Waals surface area contributed by atoms with Gasteiger partial charge in [-0.05, 0) is 56.0 Å². The van der Waals surface area contributed by atoms with Gasteiger partial charge >= 0.3 is 0 Å². The van der Waals surface area contributed by atoms with Crippen molar-refractivity contribution in [1.29, 1.82) is 0 Å². The minimum atomic E-state index is 0. The number of likely N-dealkylation sites (tertiary alicyclic amines) is 1. The van der Waals surface area contributed by atoms with E-state index >= 15 is 0 Å². The van der Waals surface area contributed by atoms with Gasteiger partial charge in [0.25, 0.3) is 5.91 Å². The van der Waals surface area contributed by atoms with Crippen LogP contribution in [-0.2, 0) is 0 Å². The molecule has 0 spiro atoms. The van der Waals surface area contributed by atoms with Crippen LogP contribution in [0.2, 0.25) is 0 Å². The van der Waals surface area contributed by atoms with Gasteiger partial charge < -0.3 is 10.6 Å². The zero-order chi connectivity index (χ0) is 13.1. The Bertz CT molecular complexity index is 445. The van der Waals surface area contributed by atoms with Crippen LogP contribution in [-0.4, -0.2) is 30.4 Å². The summed E-state index contributed by atoms with van der Waals surface area (Å²) in [7, 11) is 0. The van der Waals surface area contributed by atoms with Crippen molar-refractivity contribution in [2.75, 3.05) is 19.6 Å². The van der Waals surface area contributed by atoms with Crippen molar-refractivity contribution in [3.8, 4) is 0 Å². The minimum Gasteiger partial charge on any atom is -0.339 e. The lowest BCUT2D eigenvalue weighted by molar-refractivity contribution is 0.0692. The first-order valence-electron chi connectivity index (χ1n) is 6.37. The summed E-state index contributed by atoms with van der Waals surface area (Å²) in [5.74, 6) is 0.732. The first-order chi connectivity index (χ1) is 8.61. The van der Waals surface area contributed by atoms with Gasteiger partial charge in [0.05, 0.1) is 0 Å². The Kier molecular flexibility index (Phi) is 6.30. The van der Waals surface area contributed by atoms with Crippen molar-refractivity contribution in [2.45, 2.75) is 19.8 Å². The highest BCUT2D eigenvalue weighted by molar-refractivity contribution is 9.10. The van der Waals surface area contributed by atoms with Crippen LogP contribution in [0, 0.1) is 12.8 Å². The Balaban J connectivity index is 0.00000180. The maximum Gasteiger partial charge on any atom is 0.254 e. The van der Waals surface area contributed by atoms with Crippen LogP contribution in [0.3, 0.4) is 0 Å². The Hall–Kier alpha value is -0.580. The molecule has 3 nitrogen and oxygen atoms in total. The van der Waals surface area contributed by atoms with Crippen LogP contribution in [0.1, 0.15) is 28.8 Å². The molecule has 19 heavy (non-hydrogen) atoms. The van der Waals surface area contributed by atoms with Gasteiger partial charge in [0, 0.05) is 23.1 Å². The zero-order valence-electron chi connectivity index (χ0n) is 11.1. The third-order valence-corrected chi connectivity index (χ3v) is 4.15. The predicted molar refractivity (Wildman–Crippen MR) is 83.8 cm³/mol. The molecular formula is C14H20BrClN2O. The normalized spacial score (nSPS) is 16.1. The fourth-order valence-electron chi connectivity index (χ4n) is 2.41. The van der Waals surface area contributed by atoms with E-state index in [1.54, 1.807) is 0 Å². The number of amides is 1. The molecule has 1 amide bonds. The van der Waals surface area contributed by atoms with E-state index in [-0.39, 0.29) is 18.3 Å². The topological polar surface area (TPSA) is 46.3 Å². The van der Waals surface area contributed by atoms with Gasteiger partial charge in [-0.1, -0.05) is 15.9 Å². The van der Waals surface area contributed by atoms with E-state index in [1.807, 2.05) is 30.0 Å². The third-order valence-electron chi connectivity index (χ3n) is 3.65. The molecule has 0 radical (unpaired) electrons. The second kappa shape index (κ2) is 7.27. The standard InChI is InChI=1S/C14H19BrN2O.ClH/c1-10-8-12(15)2-3-13(10)14(18)17-6-4-11(9-16)5-7-17;/h2-3,8,11H,4-7,9,16H2,1H3;1H. The average molecular weight is 348 g/mol. The van der Waals surface area contributed by atoms with Gasteiger partial charge in [-0.2, -0.15) is 0 Å². The van der Waals surface area contributed by atoms with Gasteiger partial charge in [0.15, 0.2) is 0 Å². The van der Waals surface area contributed by atoms with Crippen LogP contribution in [0.15, 0.2) is 22.7 Å². The van der Waals surface area contributed by atoms with E-state index in [0.717, 1.165) is 48.1 Å². The Morgan fingerprint density at radius 3 is 2.58 bits per heavy atom. The number of nitrogens with two attached hydrogens (primary N) is 1. The Labute approximate surface area is 129 Å². The highest BCUT2D eigenvalue weighted by Crippen LogP contribution is 2.21. The van der Waals surface area contributed by atoms with Crippen LogP contribution in [0.25, 0.3) is 0 Å². The first-order valence-corrected chi connectivity index (χ1v) is 7.16. The molecule has 1 aliphatic heterocycles. The van der Waals surface area contributed by atoms with Crippen LogP contribution < -0.4 is 5.73 Å². The molecule has 1 aliphatic rings. The molecule has 1 saturated heterocycles. The highest BCUT2D eigenvalue weighted by Gasteiger charge is 2.23. The van der Waals surface area contributed by atoms with Crippen LogP contribution in [0.5, 0.6) is 0 Å². The summed E-state index contributed by atoms with van der Waals surface area (Å²) in [5.41, 5.74) is 7.50. The highest BCUT2D eigenvalue weighted by atomic mass is 79.9. The lowest BCUT2D eigenvalue weighted by Gasteiger charge is -2.31. The number of benzene rings is 1. The molecule has 1 heterocycles. The molecular weight excluding hydrogens is 328 g/mol. The fraction of sp³-hybridized carbons (Fsp3) is 0.500. The van der Waals surface area contributed by atoms with E-state index in [2.05, 4.69) is 15.9 Å². The van der Waals surface area contributed by atoms with Crippen molar-refractivity contribution < 1.29 is 4.79 Å². The molecule has 1 fully saturated rings. The van der Waals surface area contributed by atoms with Crippen LogP contribution >= 0.6 is 28.3 Å². The number of piperidine rings is 1. The van der Waals surface area contributed by atoms with Gasteiger partial charge in [0.2, 0.25) is 0 Å². The van der Waals surface area contributed by atoms with Gasteiger partial charge in [-0.25, -0.2) is 0 Å². The Morgan fingerprint density at radius 1 is 1.42 bits per heavy atom. The summed E-state index contributed by atoms with van der Waals surface area (Å²) in [5, 5.41) is 0. The second-order valence-corrected chi connectivity index (χ2v) is 5.85. The van der Waals surface area contributed by atoms with Crippen LogP contribution in [0.4, 0.5) is 0 Å². The van der Waals surface area contributed by atoms with E-state index < -0.39 is 0 Å². The monoisotopic (exact) mass is 346 g/mol. The molecule has 0 unspecified atom stereocenters. The molecule has 0 saturated carbocycles. The Morgan fingerprint density at radius 2 is 2.05 bits per heavy atom. The molecule has 0 atom stereocenters. The maximum absolute atomic E-state index is 12.4. The second-order valence-electron chi connectivity index (χ2n) is 4.93. The first kappa shape index (κ1) is 16.5. The lowest BCUT2D eigenvalue weighted by atomic mass is 9.96. The molecule has 2 rings (SSSR count). The lowest BCUT2D eigenvalue weighted by Crippen LogP contribution is -2.40. The molecule has 1 aromatic carbocycles. The molecule has 106 valence electrons.